The lowest BCUT2D eigenvalue weighted by Gasteiger charge is -2.19. The molecule has 0 aliphatic rings. The number of nitrogens with one attached hydrogen (secondary N) is 1. The summed E-state index contributed by atoms with van der Waals surface area (Å²) in [7, 11) is 2.12. The van der Waals surface area contributed by atoms with E-state index < -0.39 is 0 Å². The predicted octanol–water partition coefficient (Wildman–Crippen LogP) is 3.63. The lowest BCUT2D eigenvalue weighted by molar-refractivity contribution is 0.533. The summed E-state index contributed by atoms with van der Waals surface area (Å²) in [6.07, 6.45) is 2.16. The number of fused-ring (bicyclic) bond motifs is 1. The first-order valence-electron chi connectivity index (χ1n) is 7.87. The second-order valence-corrected chi connectivity index (χ2v) is 7.42. The molecule has 0 fully saturated rings. The van der Waals surface area contributed by atoms with Gasteiger partial charge in [0.25, 0.3) is 0 Å². The molecule has 0 radical (unpaired) electrons. The van der Waals surface area contributed by atoms with Gasteiger partial charge in [0, 0.05) is 25.3 Å². The number of imidazole rings is 1. The highest BCUT2D eigenvalue weighted by molar-refractivity contribution is 7.99. The zero-order valence-corrected chi connectivity index (χ0v) is 14.4. The first-order valence-corrected chi connectivity index (χ1v) is 8.92. The van der Waals surface area contributed by atoms with Gasteiger partial charge >= 0.3 is 0 Å². The van der Waals surface area contributed by atoms with Crippen LogP contribution in [0.3, 0.4) is 0 Å². The van der Waals surface area contributed by atoms with Gasteiger partial charge < -0.3 is 9.88 Å². The molecule has 2 aromatic rings. The van der Waals surface area contributed by atoms with Crippen molar-refractivity contribution in [3.8, 4) is 0 Å². The maximum Gasteiger partial charge on any atom is 0.111 e. The number of hydrogen-bond acceptors (Lipinski definition) is 3. The van der Waals surface area contributed by atoms with Crippen molar-refractivity contribution in [1.82, 2.24) is 14.9 Å². The van der Waals surface area contributed by atoms with Crippen LogP contribution in [0.1, 0.15) is 33.0 Å². The molecule has 1 aromatic heterocycles. The molecule has 0 bridgehead atoms. The van der Waals surface area contributed by atoms with E-state index in [0.717, 1.165) is 24.2 Å². The first kappa shape index (κ1) is 16.4. The van der Waals surface area contributed by atoms with E-state index in [-0.39, 0.29) is 0 Å². The standard InChI is InChI=1S/C17H27N3S/c1-5-10-18-14(12-21-13(2)3)11-17-19-15-8-6-7-9-16(15)20(17)4/h6-9,13-14,18H,5,10-12H2,1-4H3. The summed E-state index contributed by atoms with van der Waals surface area (Å²) in [5.74, 6) is 2.31. The smallest absolute Gasteiger partial charge is 0.111 e. The Labute approximate surface area is 132 Å². The van der Waals surface area contributed by atoms with Gasteiger partial charge in [0.05, 0.1) is 11.0 Å². The third-order valence-corrected chi connectivity index (χ3v) is 4.88. The molecule has 116 valence electrons. The second kappa shape index (κ2) is 7.85. The summed E-state index contributed by atoms with van der Waals surface area (Å²) in [4.78, 5) is 4.80. The minimum absolute atomic E-state index is 0.493. The normalized spacial score (nSPS) is 13.2. The highest BCUT2D eigenvalue weighted by Crippen LogP contribution is 2.17. The number of para-hydroxylation sites is 2. The fraction of sp³-hybridized carbons (Fsp3) is 0.588. The van der Waals surface area contributed by atoms with Gasteiger partial charge in [-0.1, -0.05) is 32.9 Å². The summed E-state index contributed by atoms with van der Waals surface area (Å²) in [6, 6.07) is 8.86. The maximum atomic E-state index is 4.80. The average Bonchev–Trinajstić information content (AvgIpc) is 2.78. The van der Waals surface area contributed by atoms with Crippen LogP contribution < -0.4 is 5.32 Å². The number of thioether (sulfide) groups is 1. The molecule has 0 aliphatic carbocycles. The zero-order valence-electron chi connectivity index (χ0n) is 13.6. The van der Waals surface area contributed by atoms with E-state index in [9.17, 15) is 0 Å². The van der Waals surface area contributed by atoms with E-state index >= 15 is 0 Å². The second-order valence-electron chi connectivity index (χ2n) is 5.81. The van der Waals surface area contributed by atoms with E-state index in [1.165, 1.54) is 17.8 Å². The number of aromatic nitrogens is 2. The summed E-state index contributed by atoms with van der Waals surface area (Å²) in [5.41, 5.74) is 2.32. The molecular weight excluding hydrogens is 278 g/mol. The minimum Gasteiger partial charge on any atom is -0.331 e. The molecule has 3 nitrogen and oxygen atoms in total. The molecule has 0 amide bonds. The van der Waals surface area contributed by atoms with Gasteiger partial charge in [-0.3, -0.25) is 0 Å². The first-order chi connectivity index (χ1) is 10.1. The summed E-state index contributed by atoms with van der Waals surface area (Å²) in [6.45, 7) is 7.81. The highest BCUT2D eigenvalue weighted by atomic mass is 32.2. The van der Waals surface area contributed by atoms with Crippen molar-refractivity contribution in [2.45, 2.75) is 44.9 Å². The van der Waals surface area contributed by atoms with Crippen LogP contribution in [0.4, 0.5) is 0 Å². The van der Waals surface area contributed by atoms with Crippen molar-refractivity contribution < 1.29 is 0 Å². The molecule has 0 aliphatic heterocycles. The third-order valence-electron chi connectivity index (χ3n) is 3.62. The third kappa shape index (κ3) is 4.48. The van der Waals surface area contributed by atoms with Gasteiger partial charge in [0.15, 0.2) is 0 Å². The van der Waals surface area contributed by atoms with Crippen molar-refractivity contribution >= 4 is 22.8 Å². The quantitative estimate of drug-likeness (QED) is 0.808. The maximum absolute atomic E-state index is 4.80. The van der Waals surface area contributed by atoms with Gasteiger partial charge in [-0.2, -0.15) is 11.8 Å². The fourth-order valence-corrected chi connectivity index (χ4v) is 3.30. The Bertz CT molecular complexity index is 562. The van der Waals surface area contributed by atoms with E-state index in [1.54, 1.807) is 0 Å². The molecule has 1 N–H and O–H groups in total. The average molecular weight is 305 g/mol. The Morgan fingerprint density at radius 3 is 2.71 bits per heavy atom. The van der Waals surface area contributed by atoms with E-state index in [4.69, 9.17) is 4.98 Å². The SMILES string of the molecule is CCCNC(CSC(C)C)Cc1nc2ccccc2n1C. The lowest BCUT2D eigenvalue weighted by atomic mass is 10.2. The zero-order chi connectivity index (χ0) is 15.2. The Kier molecular flexibility index (Phi) is 6.12. The number of rotatable bonds is 8. The molecule has 2 rings (SSSR count). The molecule has 1 aromatic carbocycles. The molecule has 0 spiro atoms. The van der Waals surface area contributed by atoms with Crippen LogP contribution in [0.25, 0.3) is 11.0 Å². The number of aryl methyl sites for hydroxylation is 1. The van der Waals surface area contributed by atoms with Crippen LogP contribution in [-0.4, -0.2) is 33.1 Å². The van der Waals surface area contributed by atoms with Crippen molar-refractivity contribution in [2.24, 2.45) is 7.05 Å². The van der Waals surface area contributed by atoms with Gasteiger partial charge in [0.1, 0.15) is 5.82 Å². The van der Waals surface area contributed by atoms with Gasteiger partial charge in [-0.25, -0.2) is 4.98 Å². The number of hydrogen-bond donors (Lipinski definition) is 1. The molecule has 4 heteroatoms. The Balaban J connectivity index is 2.11. The van der Waals surface area contributed by atoms with Gasteiger partial charge in [0.2, 0.25) is 0 Å². The van der Waals surface area contributed by atoms with E-state index in [2.05, 4.69) is 62.0 Å². The largest absolute Gasteiger partial charge is 0.331 e. The van der Waals surface area contributed by atoms with Crippen molar-refractivity contribution in [2.75, 3.05) is 12.3 Å². The molecule has 0 saturated heterocycles. The van der Waals surface area contributed by atoms with Crippen LogP contribution in [0.5, 0.6) is 0 Å². The summed E-state index contributed by atoms with van der Waals surface area (Å²) < 4.78 is 2.23. The topological polar surface area (TPSA) is 29.9 Å². The molecule has 0 saturated carbocycles. The molecule has 21 heavy (non-hydrogen) atoms. The Morgan fingerprint density at radius 2 is 2.05 bits per heavy atom. The Morgan fingerprint density at radius 1 is 1.29 bits per heavy atom. The Hall–Kier alpha value is -1.00. The fourth-order valence-electron chi connectivity index (χ4n) is 2.45. The van der Waals surface area contributed by atoms with Crippen molar-refractivity contribution in [3.05, 3.63) is 30.1 Å². The monoisotopic (exact) mass is 305 g/mol. The van der Waals surface area contributed by atoms with Crippen molar-refractivity contribution in [3.63, 3.8) is 0 Å². The molecular formula is C17H27N3S. The van der Waals surface area contributed by atoms with Crippen LogP contribution in [0.15, 0.2) is 24.3 Å². The van der Waals surface area contributed by atoms with Gasteiger partial charge in [-0.15, -0.1) is 0 Å². The number of benzene rings is 1. The molecule has 1 heterocycles. The number of nitrogens with zero attached hydrogens (tertiary/aromatic N) is 2. The lowest BCUT2D eigenvalue weighted by Crippen LogP contribution is -2.35. The van der Waals surface area contributed by atoms with Crippen molar-refractivity contribution in [1.29, 1.82) is 0 Å². The van der Waals surface area contributed by atoms with Gasteiger partial charge in [-0.05, 0) is 30.3 Å². The molecule has 1 unspecified atom stereocenters. The predicted molar refractivity (Wildman–Crippen MR) is 94.1 cm³/mol. The van der Waals surface area contributed by atoms with Crippen LogP contribution >= 0.6 is 11.8 Å². The summed E-state index contributed by atoms with van der Waals surface area (Å²) >= 11 is 2.02. The highest BCUT2D eigenvalue weighted by Gasteiger charge is 2.15. The molecule has 1 atom stereocenters. The van der Waals surface area contributed by atoms with E-state index in [0.29, 0.717) is 11.3 Å². The van der Waals surface area contributed by atoms with Crippen LogP contribution in [-0.2, 0) is 13.5 Å². The van der Waals surface area contributed by atoms with E-state index in [1.807, 2.05) is 11.8 Å². The minimum atomic E-state index is 0.493. The van der Waals surface area contributed by atoms with Crippen LogP contribution in [0, 0.1) is 0 Å². The van der Waals surface area contributed by atoms with Crippen LogP contribution in [0.2, 0.25) is 0 Å². The summed E-state index contributed by atoms with van der Waals surface area (Å²) in [5, 5.41) is 4.35.